The standard InChI is InChI=1S/C31H23ClF3N3O4/c32-24-8-3-19(4-9-24)21-11-12-38-17-27(36-28(38)16-21)29(40)37-26(30(41)42)15-20-5-10-25(39)14-22(20)13-18-1-6-23(7-2-18)31(33,34)35/h1-12,14,16-17,26,39H,13,15H2,(H,37,40)(H,41,42)/t26-/m0/s1. The molecule has 2 heterocycles. The third-order valence-corrected chi connectivity index (χ3v) is 7.02. The number of aliphatic carboxylic acids is 1. The lowest BCUT2D eigenvalue weighted by Gasteiger charge is -2.17. The molecular formula is C31H23ClF3N3O4. The summed E-state index contributed by atoms with van der Waals surface area (Å²) in [5, 5.41) is 23.0. The van der Waals surface area contributed by atoms with E-state index >= 15 is 0 Å². The summed E-state index contributed by atoms with van der Waals surface area (Å²) in [5.41, 5.74) is 3.02. The van der Waals surface area contributed by atoms with Crippen LogP contribution >= 0.6 is 11.6 Å². The van der Waals surface area contributed by atoms with E-state index in [0.717, 1.165) is 23.3 Å². The van der Waals surface area contributed by atoms with Gasteiger partial charge in [-0.25, -0.2) is 9.78 Å². The first-order valence-electron chi connectivity index (χ1n) is 12.7. The zero-order chi connectivity index (χ0) is 30.0. The number of carboxylic acid groups (broad SMARTS) is 1. The molecule has 0 bridgehead atoms. The van der Waals surface area contributed by atoms with Gasteiger partial charge >= 0.3 is 12.1 Å². The largest absolute Gasteiger partial charge is 0.508 e. The number of fused-ring (bicyclic) bond motifs is 1. The van der Waals surface area contributed by atoms with Crippen molar-refractivity contribution in [2.75, 3.05) is 0 Å². The number of phenolic OH excluding ortho intramolecular Hbond substituents is 1. The van der Waals surface area contributed by atoms with Crippen LogP contribution in [0.3, 0.4) is 0 Å². The molecule has 0 spiro atoms. The molecular weight excluding hydrogens is 571 g/mol. The lowest BCUT2D eigenvalue weighted by Crippen LogP contribution is -2.42. The Hall–Kier alpha value is -4.83. The van der Waals surface area contributed by atoms with E-state index in [1.165, 1.54) is 36.5 Å². The third-order valence-electron chi connectivity index (χ3n) is 6.76. The van der Waals surface area contributed by atoms with E-state index in [-0.39, 0.29) is 24.3 Å². The van der Waals surface area contributed by atoms with E-state index in [0.29, 0.717) is 27.4 Å². The van der Waals surface area contributed by atoms with Crippen LogP contribution in [0.4, 0.5) is 13.2 Å². The maximum atomic E-state index is 13.1. The molecule has 214 valence electrons. The topological polar surface area (TPSA) is 104 Å². The number of aromatic hydroxyl groups is 1. The molecule has 1 amide bonds. The molecule has 5 rings (SSSR count). The van der Waals surface area contributed by atoms with Crippen molar-refractivity contribution in [2.45, 2.75) is 25.1 Å². The number of nitrogens with one attached hydrogen (secondary N) is 1. The van der Waals surface area contributed by atoms with Crippen LogP contribution < -0.4 is 5.32 Å². The second-order valence-corrected chi connectivity index (χ2v) is 10.1. The summed E-state index contributed by atoms with van der Waals surface area (Å²) < 4.78 is 40.5. The van der Waals surface area contributed by atoms with Crippen molar-refractivity contribution in [3.05, 3.63) is 124 Å². The molecule has 3 N–H and O–H groups in total. The van der Waals surface area contributed by atoms with E-state index in [1.54, 1.807) is 28.8 Å². The minimum atomic E-state index is -4.47. The quantitative estimate of drug-likeness (QED) is 0.193. The van der Waals surface area contributed by atoms with Gasteiger partial charge in [-0.2, -0.15) is 13.2 Å². The average molecular weight is 594 g/mol. The fraction of sp³-hybridized carbons (Fsp3) is 0.129. The van der Waals surface area contributed by atoms with Gasteiger partial charge in [0.1, 0.15) is 23.1 Å². The van der Waals surface area contributed by atoms with Gasteiger partial charge in [0.05, 0.1) is 5.56 Å². The number of carbonyl (C=O) groups is 2. The predicted octanol–water partition coefficient (Wildman–Crippen LogP) is 6.40. The van der Waals surface area contributed by atoms with Crippen molar-refractivity contribution < 1.29 is 33.0 Å². The van der Waals surface area contributed by atoms with Crippen molar-refractivity contribution in [1.82, 2.24) is 14.7 Å². The minimum Gasteiger partial charge on any atom is -0.508 e. The predicted molar refractivity (Wildman–Crippen MR) is 151 cm³/mol. The number of carboxylic acids is 1. The Morgan fingerprint density at radius 3 is 2.31 bits per heavy atom. The smallest absolute Gasteiger partial charge is 0.416 e. The lowest BCUT2D eigenvalue weighted by molar-refractivity contribution is -0.139. The van der Waals surface area contributed by atoms with Crippen molar-refractivity contribution in [3.63, 3.8) is 0 Å². The van der Waals surface area contributed by atoms with Crippen molar-refractivity contribution >= 4 is 29.1 Å². The Kier molecular flexibility index (Phi) is 7.91. The van der Waals surface area contributed by atoms with Gasteiger partial charge in [0.15, 0.2) is 0 Å². The molecule has 0 aliphatic rings. The van der Waals surface area contributed by atoms with Crippen LogP contribution in [0.5, 0.6) is 5.75 Å². The zero-order valence-electron chi connectivity index (χ0n) is 21.8. The first kappa shape index (κ1) is 28.7. The minimum absolute atomic E-state index is 0.0187. The first-order valence-corrected chi connectivity index (χ1v) is 13.1. The zero-order valence-corrected chi connectivity index (χ0v) is 22.5. The van der Waals surface area contributed by atoms with Gasteiger partial charge in [-0.1, -0.05) is 41.9 Å². The van der Waals surface area contributed by atoms with Gasteiger partial charge in [0.25, 0.3) is 5.91 Å². The Balaban J connectivity index is 1.34. The monoisotopic (exact) mass is 593 g/mol. The summed E-state index contributed by atoms with van der Waals surface area (Å²) in [6.45, 7) is 0. The van der Waals surface area contributed by atoms with Crippen LogP contribution in [0.25, 0.3) is 16.8 Å². The van der Waals surface area contributed by atoms with Gasteiger partial charge < -0.3 is 19.9 Å². The maximum Gasteiger partial charge on any atom is 0.416 e. The summed E-state index contributed by atoms with van der Waals surface area (Å²) in [4.78, 5) is 29.6. The highest BCUT2D eigenvalue weighted by Crippen LogP contribution is 2.30. The number of hydrogen-bond acceptors (Lipinski definition) is 4. The highest BCUT2D eigenvalue weighted by atomic mass is 35.5. The number of hydrogen-bond donors (Lipinski definition) is 3. The molecule has 3 aromatic carbocycles. The van der Waals surface area contributed by atoms with Crippen LogP contribution in [-0.2, 0) is 23.8 Å². The van der Waals surface area contributed by atoms with Gasteiger partial charge in [-0.15, -0.1) is 0 Å². The maximum absolute atomic E-state index is 13.1. The number of carbonyl (C=O) groups excluding carboxylic acids is 1. The van der Waals surface area contributed by atoms with E-state index < -0.39 is 29.7 Å². The molecule has 5 aromatic rings. The second-order valence-electron chi connectivity index (χ2n) is 9.71. The first-order chi connectivity index (χ1) is 20.0. The molecule has 0 saturated heterocycles. The number of benzene rings is 3. The summed E-state index contributed by atoms with van der Waals surface area (Å²) in [7, 11) is 0. The summed E-state index contributed by atoms with van der Waals surface area (Å²) >= 11 is 5.97. The van der Waals surface area contributed by atoms with Gasteiger partial charge in [0, 0.05) is 23.8 Å². The molecule has 1 atom stereocenters. The molecule has 11 heteroatoms. The number of halogens is 4. The molecule has 42 heavy (non-hydrogen) atoms. The molecule has 0 saturated carbocycles. The Bertz CT molecular complexity index is 1770. The Morgan fingerprint density at radius 2 is 1.64 bits per heavy atom. The number of imidazole rings is 1. The number of phenols is 1. The van der Waals surface area contributed by atoms with Crippen LogP contribution in [-0.4, -0.2) is 37.5 Å². The summed E-state index contributed by atoms with van der Waals surface area (Å²) in [6.07, 6.45) is -1.23. The molecule has 0 radical (unpaired) electrons. The average Bonchev–Trinajstić information content (AvgIpc) is 3.38. The molecule has 0 aliphatic carbocycles. The van der Waals surface area contributed by atoms with Crippen LogP contribution in [0, 0.1) is 0 Å². The second kappa shape index (κ2) is 11.6. The Morgan fingerprint density at radius 1 is 0.929 bits per heavy atom. The molecule has 2 aromatic heterocycles. The van der Waals surface area contributed by atoms with Gasteiger partial charge in [-0.3, -0.25) is 4.79 Å². The van der Waals surface area contributed by atoms with Gasteiger partial charge in [-0.05, 0) is 82.8 Å². The number of alkyl halides is 3. The number of pyridine rings is 1. The SMILES string of the molecule is O=C(N[C@@H](Cc1ccc(O)cc1Cc1ccc(C(F)(F)F)cc1)C(=O)O)c1cn2ccc(-c3ccc(Cl)cc3)cc2n1. The lowest BCUT2D eigenvalue weighted by atomic mass is 9.94. The van der Waals surface area contributed by atoms with Crippen LogP contribution in [0.1, 0.15) is 32.7 Å². The number of amides is 1. The normalized spacial score (nSPS) is 12.3. The van der Waals surface area contributed by atoms with Crippen LogP contribution in [0.15, 0.2) is 91.3 Å². The van der Waals surface area contributed by atoms with E-state index in [9.17, 15) is 33.0 Å². The molecule has 7 nitrogen and oxygen atoms in total. The fourth-order valence-electron chi connectivity index (χ4n) is 4.57. The van der Waals surface area contributed by atoms with Gasteiger partial charge in [0.2, 0.25) is 0 Å². The third kappa shape index (κ3) is 6.55. The van der Waals surface area contributed by atoms with E-state index in [4.69, 9.17) is 11.6 Å². The Labute approximate surface area is 242 Å². The van der Waals surface area contributed by atoms with Crippen molar-refractivity contribution in [3.8, 4) is 16.9 Å². The number of aromatic nitrogens is 2. The highest BCUT2D eigenvalue weighted by Gasteiger charge is 2.30. The number of rotatable bonds is 8. The fourth-order valence-corrected chi connectivity index (χ4v) is 4.70. The van der Waals surface area contributed by atoms with Crippen molar-refractivity contribution in [2.24, 2.45) is 0 Å². The highest BCUT2D eigenvalue weighted by molar-refractivity contribution is 6.30. The van der Waals surface area contributed by atoms with E-state index in [1.807, 2.05) is 18.2 Å². The molecule has 0 fully saturated rings. The van der Waals surface area contributed by atoms with Crippen LogP contribution in [0.2, 0.25) is 5.02 Å². The molecule has 0 aliphatic heterocycles. The van der Waals surface area contributed by atoms with Crippen molar-refractivity contribution in [1.29, 1.82) is 0 Å². The van der Waals surface area contributed by atoms with E-state index in [2.05, 4.69) is 10.3 Å². The summed E-state index contributed by atoms with van der Waals surface area (Å²) in [6, 6.07) is 18.5. The summed E-state index contributed by atoms with van der Waals surface area (Å²) in [5.74, 6) is -2.06. The number of nitrogens with zero attached hydrogens (tertiary/aromatic N) is 2. The molecule has 0 unspecified atom stereocenters.